The summed E-state index contributed by atoms with van der Waals surface area (Å²) in [5.41, 5.74) is 6.35. The second-order valence-electron chi connectivity index (χ2n) is 10.6. The number of fused-ring (bicyclic) bond motifs is 10. The maximum atomic E-state index is 11.9. The average Bonchev–Trinajstić information content (AvgIpc) is 3.76. The molecule has 0 radical (unpaired) electrons. The van der Waals surface area contributed by atoms with E-state index >= 15 is 0 Å². The number of pyridine rings is 2. The molecule has 7 heterocycles. The van der Waals surface area contributed by atoms with Crippen LogP contribution in [-0.2, 0) is 0 Å². The first kappa shape index (κ1) is 26.6. The zero-order valence-electron chi connectivity index (χ0n) is 22.5. The van der Waals surface area contributed by atoms with Crippen LogP contribution in [0.25, 0.3) is 33.1 Å². The van der Waals surface area contributed by atoms with Crippen LogP contribution in [0, 0.1) is 20.4 Å². The zero-order valence-corrected chi connectivity index (χ0v) is 23.2. The van der Waals surface area contributed by atoms with Gasteiger partial charge in [0, 0.05) is 6.07 Å². The Morgan fingerprint density at radius 1 is 0.667 bits per heavy atom. The molecule has 0 N–H and O–H groups in total. The number of rotatable bonds is 3. The van der Waals surface area contributed by atoms with Gasteiger partial charge in [-0.3, -0.25) is 19.9 Å². The van der Waals surface area contributed by atoms with Crippen molar-refractivity contribution in [2.45, 2.75) is 25.7 Å². The summed E-state index contributed by atoms with van der Waals surface area (Å²) in [5.74, 6) is 2.18. The van der Waals surface area contributed by atoms with E-state index in [2.05, 4.69) is 76.2 Å². The molecular weight excluding hydrogens is 566 g/mol. The fourth-order valence-electron chi connectivity index (χ4n) is 6.59. The summed E-state index contributed by atoms with van der Waals surface area (Å²) < 4.78 is 43.2. The molecule has 216 valence electrons. The molecule has 0 amide bonds. The number of aromatic nitrogens is 4. The standard InChI is InChI=1S/C28H27N7O2.ClHO4/c36-35(37)20-11-12-21-24(19-20)34-26(23-10-2-4-18-32(23)28(34)30-15-7-8-16-30)25-22-9-1-3-17-31(22)27(33(21)25)29-13-5-6-14-29;2-1(3,4)5/h1-4,9-12,17-19H,5-8,13-16H2;(H,2,3,4,5)/q+2;/p-1. The van der Waals surface area contributed by atoms with Crippen LogP contribution in [-0.4, -0.2) is 39.9 Å². The number of nitro benzene ring substituents is 1. The number of anilines is 2. The van der Waals surface area contributed by atoms with E-state index in [9.17, 15) is 10.1 Å². The molecule has 0 atom stereocenters. The number of hydrogen-bond donors (Lipinski definition) is 0. The van der Waals surface area contributed by atoms with E-state index < -0.39 is 10.2 Å². The van der Waals surface area contributed by atoms with Crippen molar-refractivity contribution in [1.29, 1.82) is 0 Å². The van der Waals surface area contributed by atoms with Crippen molar-refractivity contribution >= 4 is 50.7 Å². The molecular formula is C28H27ClN7O6+. The minimum absolute atomic E-state index is 0.107. The van der Waals surface area contributed by atoms with E-state index in [-0.39, 0.29) is 10.6 Å². The number of non-ortho nitro benzene ring substituents is 1. The molecule has 42 heavy (non-hydrogen) atoms. The number of hydrogen-bond acceptors (Lipinski definition) is 8. The quantitative estimate of drug-likeness (QED) is 0.146. The molecule has 14 heteroatoms. The van der Waals surface area contributed by atoms with E-state index in [0.29, 0.717) is 0 Å². The number of nitro groups is 1. The van der Waals surface area contributed by atoms with Gasteiger partial charge in [-0.05, 0) is 56.0 Å². The Kier molecular flexibility index (Phi) is 6.29. The van der Waals surface area contributed by atoms with Gasteiger partial charge < -0.3 is 0 Å². The number of benzene rings is 1. The molecule has 13 nitrogen and oxygen atoms in total. The van der Waals surface area contributed by atoms with Crippen molar-refractivity contribution in [3.63, 3.8) is 0 Å². The summed E-state index contributed by atoms with van der Waals surface area (Å²) in [4.78, 5) is 16.5. The fraction of sp³-hybridized carbons (Fsp3) is 0.286. The first-order valence-electron chi connectivity index (χ1n) is 13.7. The predicted molar refractivity (Wildman–Crippen MR) is 142 cm³/mol. The molecule has 2 fully saturated rings. The van der Waals surface area contributed by atoms with E-state index in [4.69, 9.17) is 18.6 Å². The Hall–Kier alpha value is -4.27. The highest BCUT2D eigenvalue weighted by molar-refractivity contribution is 6.04. The topological polar surface area (TPSA) is 159 Å². The van der Waals surface area contributed by atoms with Crippen molar-refractivity contribution in [2.24, 2.45) is 0 Å². The van der Waals surface area contributed by atoms with Gasteiger partial charge in [-0.2, -0.15) is 8.80 Å². The van der Waals surface area contributed by atoms with Crippen molar-refractivity contribution in [3.8, 4) is 0 Å². The second kappa shape index (κ2) is 9.93. The Balaban J connectivity index is 0.000000534. The van der Waals surface area contributed by atoms with Gasteiger partial charge in [0.05, 0.1) is 49.6 Å². The Morgan fingerprint density at radius 3 is 1.57 bits per heavy atom. The molecule has 2 saturated heterocycles. The summed E-state index contributed by atoms with van der Waals surface area (Å²) in [5, 5.41) is 11.9. The lowest BCUT2D eigenvalue weighted by Gasteiger charge is -2.17. The summed E-state index contributed by atoms with van der Waals surface area (Å²) in [6.45, 7) is 3.94. The smallest absolute Gasteiger partial charge is 0.263 e. The average molecular weight is 593 g/mol. The second-order valence-corrected chi connectivity index (χ2v) is 11.3. The first-order chi connectivity index (χ1) is 20.2. The van der Waals surface area contributed by atoms with Gasteiger partial charge in [0.1, 0.15) is 5.52 Å². The van der Waals surface area contributed by atoms with Gasteiger partial charge in [-0.25, -0.2) is 27.4 Å². The molecule has 1 aromatic carbocycles. The van der Waals surface area contributed by atoms with Crippen molar-refractivity contribution in [3.05, 3.63) is 77.1 Å². The van der Waals surface area contributed by atoms with E-state index in [0.717, 1.165) is 96.9 Å². The molecule has 5 aromatic heterocycles. The van der Waals surface area contributed by atoms with Gasteiger partial charge in [0.25, 0.3) is 5.69 Å². The summed E-state index contributed by atoms with van der Waals surface area (Å²) >= 11 is 0. The predicted octanol–water partition coefficient (Wildman–Crippen LogP) is -0.825. The van der Waals surface area contributed by atoms with Crippen molar-refractivity contribution in [2.75, 3.05) is 36.0 Å². The lowest BCUT2D eigenvalue weighted by atomic mass is 10.2. The highest BCUT2D eigenvalue weighted by Crippen LogP contribution is 2.36. The monoisotopic (exact) mass is 592 g/mol. The number of halogens is 1. The van der Waals surface area contributed by atoms with Crippen LogP contribution in [0.15, 0.2) is 67.0 Å². The lowest BCUT2D eigenvalue weighted by molar-refractivity contribution is -2.00. The van der Waals surface area contributed by atoms with Crippen LogP contribution in [0.3, 0.4) is 0 Å². The lowest BCUT2D eigenvalue weighted by Crippen LogP contribution is -2.68. The minimum Gasteiger partial charge on any atom is -0.263 e. The first-order valence-corrected chi connectivity index (χ1v) is 15.0. The van der Waals surface area contributed by atoms with Gasteiger partial charge in [0.15, 0.2) is 27.6 Å². The van der Waals surface area contributed by atoms with Crippen LogP contribution in [0.2, 0.25) is 0 Å². The van der Waals surface area contributed by atoms with Gasteiger partial charge >= 0.3 is 11.9 Å². The molecule has 2 aliphatic rings. The van der Waals surface area contributed by atoms with Crippen LogP contribution in [0.5, 0.6) is 0 Å². The highest BCUT2D eigenvalue weighted by atomic mass is 35.7. The number of imidazole rings is 2. The largest absolute Gasteiger partial charge is 0.370 e. The molecule has 8 rings (SSSR count). The maximum Gasteiger partial charge on any atom is 0.370 e. The molecule has 0 bridgehead atoms. The highest BCUT2D eigenvalue weighted by Gasteiger charge is 2.37. The molecule has 0 aliphatic carbocycles. The van der Waals surface area contributed by atoms with Gasteiger partial charge in [-0.1, -0.05) is 12.1 Å². The van der Waals surface area contributed by atoms with E-state index in [1.807, 2.05) is 6.07 Å². The minimum atomic E-state index is -4.94. The third kappa shape index (κ3) is 4.25. The maximum absolute atomic E-state index is 11.9. The Labute approximate surface area is 240 Å². The Morgan fingerprint density at radius 2 is 1.12 bits per heavy atom. The molecule has 6 aromatic rings. The van der Waals surface area contributed by atoms with Crippen LogP contribution in [0.1, 0.15) is 25.7 Å². The van der Waals surface area contributed by atoms with Crippen LogP contribution >= 0.6 is 0 Å². The summed E-state index contributed by atoms with van der Waals surface area (Å²) in [7, 11) is -4.94. The zero-order chi connectivity index (χ0) is 29.2. The SMILES string of the molecule is O=[N+]([O-])c1ccc2c(c1)n1c(N3CCCC3)[n+]3ccccc3c1c1c3cccc[n+]3c(N3CCCC3)n21.[O-][Cl+3]([O-])([O-])[O-]. The third-order valence-electron chi connectivity index (χ3n) is 8.14. The normalized spacial score (nSPS) is 15.9. The van der Waals surface area contributed by atoms with Gasteiger partial charge in [0.2, 0.25) is 0 Å². The third-order valence-corrected chi connectivity index (χ3v) is 8.14. The van der Waals surface area contributed by atoms with E-state index in [1.165, 1.54) is 0 Å². The molecule has 0 unspecified atom stereocenters. The van der Waals surface area contributed by atoms with Crippen LogP contribution in [0.4, 0.5) is 17.6 Å². The van der Waals surface area contributed by atoms with E-state index in [1.54, 1.807) is 12.1 Å². The van der Waals surface area contributed by atoms with Crippen LogP contribution < -0.4 is 37.2 Å². The van der Waals surface area contributed by atoms with Crippen molar-refractivity contribution in [1.82, 2.24) is 8.80 Å². The molecule has 2 aliphatic heterocycles. The van der Waals surface area contributed by atoms with Crippen molar-refractivity contribution < 1.29 is 42.6 Å². The summed E-state index contributed by atoms with van der Waals surface area (Å²) in [6.07, 6.45) is 8.88. The summed E-state index contributed by atoms with van der Waals surface area (Å²) in [6, 6.07) is 18.0. The van der Waals surface area contributed by atoms with Gasteiger partial charge in [-0.15, -0.1) is 10.2 Å². The molecule has 0 spiro atoms. The molecule has 0 saturated carbocycles. The fourth-order valence-corrected chi connectivity index (χ4v) is 6.59. The Bertz CT molecular complexity index is 2000. The number of nitrogens with zero attached hydrogens (tertiary/aromatic N) is 7.